The highest BCUT2D eigenvalue weighted by Gasteiger charge is 2.24. The molecule has 0 bridgehead atoms. The van der Waals surface area contributed by atoms with Gasteiger partial charge in [0.05, 0.1) is 18.5 Å². The smallest absolute Gasteiger partial charge is 0.269 e. The molecule has 3 rings (SSSR count). The molecule has 1 N–H and O–H groups in total. The Morgan fingerprint density at radius 3 is 2.70 bits per heavy atom. The van der Waals surface area contributed by atoms with Crippen molar-refractivity contribution < 1.29 is 22.3 Å². The number of aromatic nitrogens is 2. The number of halogens is 1. The summed E-state index contributed by atoms with van der Waals surface area (Å²) < 4.78 is 52.9. The summed E-state index contributed by atoms with van der Waals surface area (Å²) in [5.41, 5.74) is 1.15. The molecule has 160 valence electrons. The molecule has 7 nitrogen and oxygen atoms in total. The summed E-state index contributed by atoms with van der Waals surface area (Å²) in [7, 11) is -0.683. The molecular formula is C21H24FN3O4S. The van der Waals surface area contributed by atoms with Crippen LogP contribution in [0.1, 0.15) is 12.0 Å². The quantitative estimate of drug-likeness (QED) is 0.495. The van der Waals surface area contributed by atoms with Crippen molar-refractivity contribution in [2.24, 2.45) is 0 Å². The van der Waals surface area contributed by atoms with Crippen LogP contribution in [0.2, 0.25) is 0 Å². The van der Waals surface area contributed by atoms with E-state index in [1.165, 1.54) is 30.7 Å². The molecule has 0 aliphatic rings. The van der Waals surface area contributed by atoms with Gasteiger partial charge in [-0.05, 0) is 30.8 Å². The summed E-state index contributed by atoms with van der Waals surface area (Å²) in [6.45, 7) is 1.34. The highest BCUT2D eigenvalue weighted by molar-refractivity contribution is 7.90. The molecule has 0 amide bonds. The van der Waals surface area contributed by atoms with Crippen LogP contribution in [-0.2, 0) is 21.3 Å². The van der Waals surface area contributed by atoms with E-state index >= 15 is 0 Å². The molecular weight excluding hydrogens is 409 g/mol. The molecule has 0 fully saturated rings. The molecule has 9 heteroatoms. The molecule has 30 heavy (non-hydrogen) atoms. The highest BCUT2D eigenvalue weighted by Crippen LogP contribution is 2.29. The number of rotatable bonds is 10. The standard InChI is InChI=1S/C21H24FN3O4S/c1-23-12-16-10-21(19-6-3-4-7-20(19)22)25(15-16)30(26,27)18-11-17(13-24-14-18)29-9-5-8-28-2/h3-4,6-7,10-11,13-15,23H,5,8-9,12H2,1-2H3. The van der Waals surface area contributed by atoms with E-state index in [0.29, 0.717) is 37.5 Å². The van der Waals surface area contributed by atoms with Gasteiger partial charge in [-0.3, -0.25) is 4.98 Å². The van der Waals surface area contributed by atoms with Gasteiger partial charge in [-0.25, -0.2) is 16.8 Å². The van der Waals surface area contributed by atoms with Gasteiger partial charge in [0.2, 0.25) is 0 Å². The zero-order valence-electron chi connectivity index (χ0n) is 16.8. The summed E-state index contributed by atoms with van der Waals surface area (Å²) in [5, 5.41) is 2.98. The Morgan fingerprint density at radius 1 is 1.17 bits per heavy atom. The lowest BCUT2D eigenvalue weighted by molar-refractivity contribution is 0.172. The average Bonchev–Trinajstić information content (AvgIpc) is 3.17. The molecule has 2 heterocycles. The lowest BCUT2D eigenvalue weighted by Crippen LogP contribution is -2.14. The van der Waals surface area contributed by atoms with Crippen LogP contribution in [0.15, 0.2) is 59.9 Å². The van der Waals surface area contributed by atoms with E-state index in [4.69, 9.17) is 9.47 Å². The van der Waals surface area contributed by atoms with Crippen LogP contribution in [0.5, 0.6) is 5.75 Å². The second-order valence-electron chi connectivity index (χ2n) is 6.60. The predicted molar refractivity (Wildman–Crippen MR) is 111 cm³/mol. The third kappa shape index (κ3) is 4.86. The first-order chi connectivity index (χ1) is 14.5. The summed E-state index contributed by atoms with van der Waals surface area (Å²) in [5.74, 6) is -0.168. The molecule has 0 aliphatic carbocycles. The normalized spacial score (nSPS) is 11.6. The van der Waals surface area contributed by atoms with E-state index < -0.39 is 15.8 Å². The summed E-state index contributed by atoms with van der Waals surface area (Å²) in [6.07, 6.45) is 4.85. The minimum Gasteiger partial charge on any atom is -0.492 e. The Kier molecular flexibility index (Phi) is 7.20. The Labute approximate surface area is 175 Å². The fraction of sp³-hybridized carbons (Fsp3) is 0.286. The Bertz CT molecular complexity index is 1100. The van der Waals surface area contributed by atoms with Crippen molar-refractivity contribution in [1.82, 2.24) is 14.3 Å². The minimum absolute atomic E-state index is 0.0454. The Hall–Kier alpha value is -2.75. The van der Waals surface area contributed by atoms with Crippen LogP contribution < -0.4 is 10.1 Å². The molecule has 2 aromatic heterocycles. The van der Waals surface area contributed by atoms with E-state index in [2.05, 4.69) is 10.3 Å². The molecule has 0 atom stereocenters. The van der Waals surface area contributed by atoms with Gasteiger partial charge in [0, 0.05) is 50.7 Å². The number of hydrogen-bond donors (Lipinski definition) is 1. The van der Waals surface area contributed by atoms with Crippen molar-refractivity contribution in [3.8, 4) is 17.0 Å². The molecule has 0 radical (unpaired) electrons. The van der Waals surface area contributed by atoms with E-state index in [0.717, 1.165) is 3.97 Å². The lowest BCUT2D eigenvalue weighted by atomic mass is 10.1. The summed E-state index contributed by atoms with van der Waals surface area (Å²) in [4.78, 5) is 3.96. The van der Waals surface area contributed by atoms with Crippen LogP contribution in [0.4, 0.5) is 4.39 Å². The largest absolute Gasteiger partial charge is 0.492 e. The minimum atomic E-state index is -4.03. The predicted octanol–water partition coefficient (Wildman–Crippen LogP) is 3.06. The third-order valence-electron chi connectivity index (χ3n) is 4.38. The maximum Gasteiger partial charge on any atom is 0.269 e. The van der Waals surface area contributed by atoms with Crippen LogP contribution in [0.3, 0.4) is 0 Å². The molecule has 3 aromatic rings. The SMILES string of the molecule is CNCc1cc(-c2ccccc2F)n(S(=O)(=O)c2cncc(OCCCOC)c2)c1. The number of methoxy groups -OCH3 is 1. The summed E-state index contributed by atoms with van der Waals surface area (Å²) in [6, 6.07) is 9.14. The fourth-order valence-corrected chi connectivity index (χ4v) is 4.36. The second kappa shape index (κ2) is 9.84. The van der Waals surface area contributed by atoms with E-state index in [1.807, 2.05) is 0 Å². The fourth-order valence-electron chi connectivity index (χ4n) is 2.99. The topological polar surface area (TPSA) is 82.5 Å². The van der Waals surface area contributed by atoms with E-state index in [-0.39, 0.29) is 16.2 Å². The molecule has 0 spiro atoms. The van der Waals surface area contributed by atoms with Gasteiger partial charge in [0.25, 0.3) is 10.0 Å². The van der Waals surface area contributed by atoms with Crippen molar-refractivity contribution in [2.75, 3.05) is 27.4 Å². The number of nitrogens with one attached hydrogen (secondary N) is 1. The van der Waals surface area contributed by atoms with Gasteiger partial charge < -0.3 is 14.8 Å². The van der Waals surface area contributed by atoms with Gasteiger partial charge in [0.15, 0.2) is 0 Å². The zero-order chi connectivity index (χ0) is 21.6. The van der Waals surface area contributed by atoms with Crippen molar-refractivity contribution in [1.29, 1.82) is 0 Å². The zero-order valence-corrected chi connectivity index (χ0v) is 17.7. The second-order valence-corrected chi connectivity index (χ2v) is 8.41. The van der Waals surface area contributed by atoms with Crippen LogP contribution in [0, 0.1) is 5.82 Å². The van der Waals surface area contributed by atoms with Crippen molar-refractivity contribution in [3.05, 3.63) is 66.4 Å². The van der Waals surface area contributed by atoms with Crippen molar-refractivity contribution in [3.63, 3.8) is 0 Å². The number of benzene rings is 1. The number of pyridine rings is 1. The van der Waals surface area contributed by atoms with Gasteiger partial charge in [-0.15, -0.1) is 0 Å². The monoisotopic (exact) mass is 433 g/mol. The molecule has 0 saturated carbocycles. The maximum absolute atomic E-state index is 14.4. The lowest BCUT2D eigenvalue weighted by Gasteiger charge is -2.12. The van der Waals surface area contributed by atoms with Gasteiger partial charge >= 0.3 is 0 Å². The van der Waals surface area contributed by atoms with Gasteiger partial charge in [-0.2, -0.15) is 0 Å². The van der Waals surface area contributed by atoms with E-state index in [9.17, 15) is 12.8 Å². The van der Waals surface area contributed by atoms with Crippen LogP contribution in [0.25, 0.3) is 11.3 Å². The Morgan fingerprint density at radius 2 is 1.97 bits per heavy atom. The van der Waals surface area contributed by atoms with Crippen molar-refractivity contribution in [2.45, 2.75) is 17.9 Å². The third-order valence-corrected chi connectivity index (χ3v) is 6.02. The van der Waals surface area contributed by atoms with E-state index in [1.54, 1.807) is 38.4 Å². The molecule has 1 aromatic carbocycles. The van der Waals surface area contributed by atoms with Gasteiger partial charge in [-0.1, -0.05) is 12.1 Å². The van der Waals surface area contributed by atoms with Crippen LogP contribution in [-0.4, -0.2) is 44.7 Å². The first-order valence-electron chi connectivity index (χ1n) is 9.40. The summed E-state index contributed by atoms with van der Waals surface area (Å²) >= 11 is 0. The van der Waals surface area contributed by atoms with Crippen LogP contribution >= 0.6 is 0 Å². The highest BCUT2D eigenvalue weighted by atomic mass is 32.2. The van der Waals surface area contributed by atoms with Crippen molar-refractivity contribution >= 4 is 10.0 Å². The first kappa shape index (κ1) is 21.9. The first-order valence-corrected chi connectivity index (χ1v) is 10.8. The molecule has 0 aliphatic heterocycles. The Balaban J connectivity index is 2.01. The maximum atomic E-state index is 14.4. The number of hydrogen-bond acceptors (Lipinski definition) is 6. The number of nitrogens with zero attached hydrogens (tertiary/aromatic N) is 2. The number of ether oxygens (including phenoxy) is 2. The molecule has 0 saturated heterocycles. The average molecular weight is 434 g/mol. The molecule has 0 unspecified atom stereocenters. The van der Waals surface area contributed by atoms with Gasteiger partial charge in [0.1, 0.15) is 16.5 Å².